The number of urea groups is 1. The second-order valence-corrected chi connectivity index (χ2v) is 9.17. The van der Waals surface area contributed by atoms with Gasteiger partial charge in [-0.15, -0.1) is 0 Å². The number of amides is 3. The highest BCUT2D eigenvalue weighted by atomic mass is 79.9. The van der Waals surface area contributed by atoms with Crippen molar-refractivity contribution in [3.8, 4) is 0 Å². The standard InChI is InChI=1S/C21H19BrCl2N2O2.2CH4/c1-25-20(28)26(17-11-15(23)10-16(24)12-17)19(27)21(25)9-3-2-4-18(21)13-5-7-14(22)8-6-13;;/h5-8,10-12,18H,2-4,9H2,1H3;2*1H4/t18-,21+;;/m0../s1. The summed E-state index contributed by atoms with van der Waals surface area (Å²) in [5, 5.41) is 0.777. The van der Waals surface area contributed by atoms with Crippen LogP contribution in [0.25, 0.3) is 0 Å². The Hall–Kier alpha value is -1.56. The molecule has 1 saturated carbocycles. The summed E-state index contributed by atoms with van der Waals surface area (Å²) in [4.78, 5) is 29.8. The Kier molecular flexibility index (Phi) is 7.65. The normalized spacial score (nSPS) is 23.4. The van der Waals surface area contributed by atoms with Crippen molar-refractivity contribution in [1.29, 1.82) is 0 Å². The Balaban J connectivity index is 0.00000160. The summed E-state index contributed by atoms with van der Waals surface area (Å²) in [6.45, 7) is 0. The van der Waals surface area contributed by atoms with Crippen LogP contribution in [0.2, 0.25) is 10.0 Å². The van der Waals surface area contributed by atoms with Gasteiger partial charge in [0.05, 0.1) is 5.69 Å². The first-order chi connectivity index (χ1) is 13.3. The van der Waals surface area contributed by atoms with Crippen LogP contribution in [0.4, 0.5) is 10.5 Å². The van der Waals surface area contributed by atoms with E-state index in [1.165, 1.54) is 4.90 Å². The summed E-state index contributed by atoms with van der Waals surface area (Å²) in [6, 6.07) is 12.5. The van der Waals surface area contributed by atoms with Crippen molar-refractivity contribution in [1.82, 2.24) is 4.90 Å². The molecule has 2 aliphatic rings. The van der Waals surface area contributed by atoms with Crippen molar-refractivity contribution in [3.05, 3.63) is 62.5 Å². The quantitative estimate of drug-likeness (QED) is 0.389. The maximum atomic E-state index is 13.7. The molecule has 1 aliphatic heterocycles. The van der Waals surface area contributed by atoms with Gasteiger partial charge >= 0.3 is 6.03 Å². The lowest BCUT2D eigenvalue weighted by molar-refractivity contribution is -0.127. The first-order valence-electron chi connectivity index (χ1n) is 9.18. The van der Waals surface area contributed by atoms with Gasteiger partial charge in [0.15, 0.2) is 0 Å². The monoisotopic (exact) mass is 512 g/mol. The van der Waals surface area contributed by atoms with E-state index in [1.807, 2.05) is 24.3 Å². The third-order valence-electron chi connectivity index (χ3n) is 5.91. The van der Waals surface area contributed by atoms with E-state index in [4.69, 9.17) is 23.2 Å². The molecule has 1 saturated heterocycles. The van der Waals surface area contributed by atoms with Crippen LogP contribution in [-0.4, -0.2) is 29.4 Å². The van der Waals surface area contributed by atoms with E-state index in [-0.39, 0.29) is 32.7 Å². The van der Waals surface area contributed by atoms with E-state index in [9.17, 15) is 9.59 Å². The summed E-state index contributed by atoms with van der Waals surface area (Å²) in [5.74, 6) is -0.263. The number of anilines is 1. The molecule has 0 N–H and O–H groups in total. The molecule has 1 spiro atoms. The molecule has 0 bridgehead atoms. The van der Waals surface area contributed by atoms with E-state index < -0.39 is 5.54 Å². The minimum Gasteiger partial charge on any atom is -0.312 e. The van der Waals surface area contributed by atoms with Gasteiger partial charge in [-0.05, 0) is 48.7 Å². The van der Waals surface area contributed by atoms with Gasteiger partial charge in [0.1, 0.15) is 5.54 Å². The Bertz CT molecular complexity index is 930. The number of benzene rings is 2. The zero-order valence-corrected chi connectivity index (χ0v) is 18.4. The van der Waals surface area contributed by atoms with Gasteiger partial charge in [-0.2, -0.15) is 0 Å². The number of nitrogens with zero attached hydrogens (tertiary/aromatic N) is 2. The average molecular weight is 514 g/mol. The lowest BCUT2D eigenvalue weighted by Crippen LogP contribution is -2.54. The summed E-state index contributed by atoms with van der Waals surface area (Å²) in [6.07, 6.45) is 3.43. The molecule has 30 heavy (non-hydrogen) atoms. The van der Waals surface area contributed by atoms with E-state index >= 15 is 0 Å². The lowest BCUT2D eigenvalue weighted by atomic mass is 9.68. The van der Waals surface area contributed by atoms with E-state index in [0.717, 1.165) is 29.3 Å². The minimum atomic E-state index is -0.891. The Morgan fingerprint density at radius 3 is 2.20 bits per heavy atom. The van der Waals surface area contributed by atoms with Gasteiger partial charge in [-0.3, -0.25) is 4.79 Å². The van der Waals surface area contributed by atoms with Gasteiger partial charge < -0.3 is 4.90 Å². The highest BCUT2D eigenvalue weighted by Crippen LogP contribution is 2.49. The Morgan fingerprint density at radius 1 is 1.00 bits per heavy atom. The van der Waals surface area contributed by atoms with Crippen LogP contribution < -0.4 is 4.90 Å². The maximum Gasteiger partial charge on any atom is 0.332 e. The maximum absolute atomic E-state index is 13.7. The topological polar surface area (TPSA) is 40.6 Å². The van der Waals surface area contributed by atoms with Gasteiger partial charge in [-0.1, -0.05) is 79.0 Å². The molecule has 4 nitrogen and oxygen atoms in total. The molecule has 2 fully saturated rings. The first kappa shape index (κ1) is 24.7. The third-order valence-corrected chi connectivity index (χ3v) is 6.87. The number of halogens is 3. The number of rotatable bonds is 2. The molecule has 2 aromatic carbocycles. The molecule has 3 amide bonds. The largest absolute Gasteiger partial charge is 0.332 e. The fourth-order valence-corrected chi connectivity index (χ4v) is 5.37. The first-order valence-corrected chi connectivity index (χ1v) is 10.7. The lowest BCUT2D eigenvalue weighted by Gasteiger charge is -2.43. The molecular formula is C23H27BrCl2N2O2. The Morgan fingerprint density at radius 2 is 1.60 bits per heavy atom. The number of likely N-dealkylation sites (N-methyl/N-ethyl adjacent to an activating group) is 1. The average Bonchev–Trinajstić information content (AvgIpc) is 2.84. The Labute approximate surface area is 197 Å². The number of carbonyl (C=O) groups excluding carboxylic acids is 2. The van der Waals surface area contributed by atoms with Crippen molar-refractivity contribution >= 4 is 56.8 Å². The van der Waals surface area contributed by atoms with Crippen molar-refractivity contribution < 1.29 is 9.59 Å². The second-order valence-electron chi connectivity index (χ2n) is 7.38. The van der Waals surface area contributed by atoms with Crippen LogP contribution >= 0.6 is 39.1 Å². The van der Waals surface area contributed by atoms with Crippen LogP contribution in [0, 0.1) is 0 Å². The number of hydrogen-bond donors (Lipinski definition) is 0. The summed E-state index contributed by atoms with van der Waals surface area (Å²) < 4.78 is 0.985. The molecule has 7 heteroatoms. The molecule has 2 aromatic rings. The smallest absolute Gasteiger partial charge is 0.312 e. The summed E-state index contributed by atoms with van der Waals surface area (Å²) in [5.41, 5.74) is 0.594. The van der Waals surface area contributed by atoms with E-state index in [1.54, 1.807) is 30.1 Å². The van der Waals surface area contributed by atoms with Crippen molar-refractivity contribution in [2.24, 2.45) is 0 Å². The van der Waals surface area contributed by atoms with Gasteiger partial charge in [0.2, 0.25) is 0 Å². The van der Waals surface area contributed by atoms with Crippen LogP contribution in [0.1, 0.15) is 52.0 Å². The van der Waals surface area contributed by atoms with E-state index in [0.29, 0.717) is 22.2 Å². The van der Waals surface area contributed by atoms with Gasteiger partial charge in [-0.25, -0.2) is 9.69 Å². The van der Waals surface area contributed by atoms with Gasteiger partial charge in [0.25, 0.3) is 5.91 Å². The summed E-state index contributed by atoms with van der Waals surface area (Å²) in [7, 11) is 1.73. The summed E-state index contributed by atoms with van der Waals surface area (Å²) >= 11 is 15.7. The zero-order valence-electron chi connectivity index (χ0n) is 15.3. The SMILES string of the molecule is C.C.CN1C(=O)N(c2cc(Cl)cc(Cl)c2)C(=O)[C@]12CCCC[C@H]2c1ccc(Br)cc1. The molecule has 4 rings (SSSR count). The van der Waals surface area contributed by atoms with Crippen molar-refractivity contribution in [3.63, 3.8) is 0 Å². The number of carbonyl (C=O) groups is 2. The fourth-order valence-electron chi connectivity index (χ4n) is 4.59. The molecule has 1 heterocycles. The molecular weight excluding hydrogens is 487 g/mol. The number of hydrogen-bond acceptors (Lipinski definition) is 2. The molecule has 0 radical (unpaired) electrons. The molecule has 0 unspecified atom stereocenters. The predicted molar refractivity (Wildman–Crippen MR) is 129 cm³/mol. The predicted octanol–water partition coefficient (Wildman–Crippen LogP) is 7.52. The van der Waals surface area contributed by atoms with Crippen molar-refractivity contribution in [2.45, 2.75) is 52.0 Å². The van der Waals surface area contributed by atoms with Crippen LogP contribution in [0.3, 0.4) is 0 Å². The number of imide groups is 1. The molecule has 1 aliphatic carbocycles. The molecule has 0 aromatic heterocycles. The van der Waals surface area contributed by atoms with Gasteiger partial charge in [0, 0.05) is 27.5 Å². The third kappa shape index (κ3) is 3.88. The van der Waals surface area contributed by atoms with E-state index in [2.05, 4.69) is 15.9 Å². The zero-order chi connectivity index (χ0) is 20.1. The molecule has 162 valence electrons. The van der Waals surface area contributed by atoms with Crippen LogP contribution in [0.5, 0.6) is 0 Å². The highest BCUT2D eigenvalue weighted by molar-refractivity contribution is 9.10. The minimum absolute atomic E-state index is 0. The second kappa shape index (κ2) is 9.29. The van der Waals surface area contributed by atoms with Crippen LogP contribution in [-0.2, 0) is 4.79 Å². The molecule has 2 atom stereocenters. The van der Waals surface area contributed by atoms with Crippen molar-refractivity contribution in [2.75, 3.05) is 11.9 Å². The highest BCUT2D eigenvalue weighted by Gasteiger charge is 2.60. The fraction of sp³-hybridized carbons (Fsp3) is 0.391. The van der Waals surface area contributed by atoms with Crippen LogP contribution in [0.15, 0.2) is 46.9 Å².